The Morgan fingerprint density at radius 2 is 2.00 bits per heavy atom. The van der Waals surface area contributed by atoms with Crippen molar-refractivity contribution in [3.05, 3.63) is 47.5 Å². The van der Waals surface area contributed by atoms with Crippen molar-refractivity contribution in [2.24, 2.45) is 5.73 Å². The first-order valence-corrected chi connectivity index (χ1v) is 8.30. The molecule has 0 saturated carbocycles. The van der Waals surface area contributed by atoms with Crippen molar-refractivity contribution >= 4 is 40.0 Å². The Bertz CT molecular complexity index is 977. The summed E-state index contributed by atoms with van der Waals surface area (Å²) in [6.07, 6.45) is -0.953. The van der Waals surface area contributed by atoms with Crippen LogP contribution in [0.3, 0.4) is 0 Å². The molecule has 0 fully saturated rings. The van der Waals surface area contributed by atoms with Gasteiger partial charge in [0.05, 0.1) is 17.3 Å². The fourth-order valence-electron chi connectivity index (χ4n) is 2.53. The van der Waals surface area contributed by atoms with Gasteiger partial charge in [0.25, 0.3) is 0 Å². The van der Waals surface area contributed by atoms with Gasteiger partial charge in [-0.05, 0) is 37.3 Å². The molecule has 6 N–H and O–H groups in total. The molecule has 2 unspecified atom stereocenters. The molecule has 2 aromatic carbocycles. The van der Waals surface area contributed by atoms with Crippen LogP contribution in [-0.2, 0) is 4.79 Å². The molecule has 1 aromatic heterocycles. The van der Waals surface area contributed by atoms with Crippen LogP contribution in [-0.4, -0.2) is 33.1 Å². The number of hydrogen-bond acceptors (Lipinski definition) is 6. The normalized spacial score (nSPS) is 13.4. The number of halogens is 1. The van der Waals surface area contributed by atoms with Gasteiger partial charge in [0, 0.05) is 21.7 Å². The van der Waals surface area contributed by atoms with Crippen LogP contribution < -0.4 is 16.8 Å². The molecule has 3 rings (SSSR count). The number of anilines is 2. The van der Waals surface area contributed by atoms with Gasteiger partial charge in [-0.25, -0.2) is 9.97 Å². The lowest BCUT2D eigenvalue weighted by Crippen LogP contribution is -2.43. The van der Waals surface area contributed by atoms with Crippen molar-refractivity contribution in [1.29, 1.82) is 0 Å². The minimum Gasteiger partial charge on any atom is -0.391 e. The molecule has 0 aliphatic carbocycles. The third kappa shape index (κ3) is 3.75. The second kappa shape index (κ2) is 7.25. The van der Waals surface area contributed by atoms with Crippen molar-refractivity contribution < 1.29 is 9.90 Å². The van der Waals surface area contributed by atoms with E-state index in [4.69, 9.17) is 23.1 Å². The van der Waals surface area contributed by atoms with Crippen molar-refractivity contribution in [3.63, 3.8) is 0 Å². The number of rotatable bonds is 4. The van der Waals surface area contributed by atoms with Crippen LogP contribution in [0.25, 0.3) is 22.2 Å². The molecule has 2 atom stereocenters. The number of aromatic nitrogens is 2. The molecule has 1 amide bonds. The van der Waals surface area contributed by atoms with Crippen LogP contribution >= 0.6 is 11.6 Å². The number of carbonyl (C=O) groups is 1. The van der Waals surface area contributed by atoms with Gasteiger partial charge in [0.2, 0.25) is 11.9 Å². The molecule has 3 aromatic rings. The van der Waals surface area contributed by atoms with Crippen molar-refractivity contribution in [3.8, 4) is 11.3 Å². The highest BCUT2D eigenvalue weighted by atomic mass is 35.5. The zero-order chi connectivity index (χ0) is 18.8. The molecule has 0 aliphatic rings. The lowest BCUT2D eigenvalue weighted by atomic mass is 10.1. The summed E-state index contributed by atoms with van der Waals surface area (Å²) in [6.45, 7) is 1.46. The number of fused-ring (bicyclic) bond motifs is 1. The minimum atomic E-state index is -1.02. The van der Waals surface area contributed by atoms with Gasteiger partial charge in [-0.15, -0.1) is 0 Å². The summed E-state index contributed by atoms with van der Waals surface area (Å²) in [6, 6.07) is 11.3. The molecule has 0 spiro atoms. The van der Waals surface area contributed by atoms with Crippen LogP contribution in [0.5, 0.6) is 0 Å². The number of amides is 1. The van der Waals surface area contributed by atoms with Gasteiger partial charge >= 0.3 is 0 Å². The average molecular weight is 372 g/mol. The number of aliphatic hydroxyl groups is 1. The summed E-state index contributed by atoms with van der Waals surface area (Å²) >= 11 is 6.10. The van der Waals surface area contributed by atoms with Crippen molar-refractivity contribution in [2.45, 2.75) is 19.1 Å². The number of nitrogen functional groups attached to an aromatic ring is 1. The number of aliphatic hydroxyl groups excluding tert-OH is 1. The molecule has 0 aliphatic heterocycles. The Morgan fingerprint density at radius 3 is 2.73 bits per heavy atom. The second-order valence-electron chi connectivity index (χ2n) is 5.93. The maximum Gasteiger partial charge on any atom is 0.243 e. The second-order valence-corrected chi connectivity index (χ2v) is 6.36. The smallest absolute Gasteiger partial charge is 0.243 e. The standard InChI is InChI=1S/C18H18ClN5O2/c1-9(25)15(20)17(26)22-12-4-2-3-10(7-12)16-13-8-11(19)5-6-14(13)23-18(21)24-16/h2-9,15,25H,20H2,1H3,(H,22,26)(H2,21,23,24). The molecule has 7 nitrogen and oxygen atoms in total. The Kier molecular flexibility index (Phi) is 5.03. The number of nitrogens with zero attached hydrogens (tertiary/aromatic N) is 2. The SMILES string of the molecule is CC(O)C(N)C(=O)Nc1cccc(-c2nc(N)nc3ccc(Cl)cc23)c1. The highest BCUT2D eigenvalue weighted by molar-refractivity contribution is 6.31. The van der Waals surface area contributed by atoms with E-state index in [0.717, 1.165) is 10.9 Å². The molecule has 134 valence electrons. The fraction of sp³-hybridized carbons (Fsp3) is 0.167. The van der Waals surface area contributed by atoms with E-state index >= 15 is 0 Å². The Labute approximate surface area is 155 Å². The highest BCUT2D eigenvalue weighted by Crippen LogP contribution is 2.30. The fourth-order valence-corrected chi connectivity index (χ4v) is 2.70. The van der Waals surface area contributed by atoms with Gasteiger partial charge in [0.15, 0.2) is 0 Å². The summed E-state index contributed by atoms with van der Waals surface area (Å²) in [4.78, 5) is 20.6. The maximum absolute atomic E-state index is 12.1. The first-order valence-electron chi connectivity index (χ1n) is 7.93. The monoisotopic (exact) mass is 371 g/mol. The topological polar surface area (TPSA) is 127 Å². The van der Waals surface area contributed by atoms with Gasteiger partial charge in [-0.2, -0.15) is 0 Å². The maximum atomic E-state index is 12.1. The predicted octanol–water partition coefficient (Wildman–Crippen LogP) is 2.18. The van der Waals surface area contributed by atoms with E-state index in [2.05, 4.69) is 15.3 Å². The molecule has 0 saturated heterocycles. The average Bonchev–Trinajstić information content (AvgIpc) is 2.60. The summed E-state index contributed by atoms with van der Waals surface area (Å²) in [5, 5.41) is 13.4. The molecule has 8 heteroatoms. The Morgan fingerprint density at radius 1 is 1.23 bits per heavy atom. The molecule has 1 heterocycles. The summed E-state index contributed by atoms with van der Waals surface area (Å²) < 4.78 is 0. The van der Waals surface area contributed by atoms with Gasteiger partial charge < -0.3 is 21.9 Å². The molecular formula is C18H18ClN5O2. The van der Waals surface area contributed by atoms with Crippen LogP contribution in [0.2, 0.25) is 5.02 Å². The molecule has 26 heavy (non-hydrogen) atoms. The zero-order valence-corrected chi connectivity index (χ0v) is 14.7. The van der Waals surface area contributed by atoms with Gasteiger partial charge in [-0.1, -0.05) is 23.7 Å². The van der Waals surface area contributed by atoms with E-state index in [1.165, 1.54) is 6.92 Å². The Hall–Kier alpha value is -2.74. The van der Waals surface area contributed by atoms with Crippen LogP contribution in [0.1, 0.15) is 6.92 Å². The number of benzene rings is 2. The van der Waals surface area contributed by atoms with Crippen LogP contribution in [0, 0.1) is 0 Å². The van der Waals surface area contributed by atoms with E-state index < -0.39 is 18.1 Å². The lowest BCUT2D eigenvalue weighted by molar-refractivity contribution is -0.119. The molecular weight excluding hydrogens is 354 g/mol. The first-order chi connectivity index (χ1) is 12.3. The number of nitrogens with one attached hydrogen (secondary N) is 1. The first kappa shape index (κ1) is 18.1. The molecule has 0 bridgehead atoms. The summed E-state index contributed by atoms with van der Waals surface area (Å²) in [7, 11) is 0. The third-order valence-corrected chi connectivity index (χ3v) is 4.14. The number of carbonyl (C=O) groups excluding carboxylic acids is 1. The Balaban J connectivity index is 2.02. The van der Waals surface area contributed by atoms with Crippen molar-refractivity contribution in [2.75, 3.05) is 11.1 Å². The zero-order valence-electron chi connectivity index (χ0n) is 14.0. The van der Waals surface area contributed by atoms with E-state index in [1.807, 2.05) is 6.07 Å². The van der Waals surface area contributed by atoms with E-state index in [9.17, 15) is 9.90 Å². The van der Waals surface area contributed by atoms with Crippen molar-refractivity contribution in [1.82, 2.24) is 9.97 Å². The quantitative estimate of drug-likeness (QED) is 0.556. The summed E-state index contributed by atoms with van der Waals surface area (Å²) in [5.74, 6) is -0.340. The largest absolute Gasteiger partial charge is 0.391 e. The van der Waals surface area contributed by atoms with Gasteiger partial charge in [-0.3, -0.25) is 4.79 Å². The summed E-state index contributed by atoms with van der Waals surface area (Å²) in [5.41, 5.74) is 14.0. The van der Waals surface area contributed by atoms with Crippen LogP contribution in [0.4, 0.5) is 11.6 Å². The van der Waals surface area contributed by atoms with E-state index in [-0.39, 0.29) is 5.95 Å². The van der Waals surface area contributed by atoms with E-state index in [0.29, 0.717) is 21.9 Å². The van der Waals surface area contributed by atoms with Crippen LogP contribution in [0.15, 0.2) is 42.5 Å². The number of hydrogen-bond donors (Lipinski definition) is 4. The van der Waals surface area contributed by atoms with E-state index in [1.54, 1.807) is 36.4 Å². The predicted molar refractivity (Wildman–Crippen MR) is 103 cm³/mol. The van der Waals surface area contributed by atoms with Gasteiger partial charge in [0.1, 0.15) is 6.04 Å². The molecule has 0 radical (unpaired) electrons. The lowest BCUT2D eigenvalue weighted by Gasteiger charge is -2.15. The highest BCUT2D eigenvalue weighted by Gasteiger charge is 2.19. The number of nitrogens with two attached hydrogens (primary N) is 2. The minimum absolute atomic E-state index is 0.139. The third-order valence-electron chi connectivity index (χ3n) is 3.90.